The number of amides is 1. The highest BCUT2D eigenvalue weighted by atomic mass is 16.4. The topological polar surface area (TPSA) is 97.1 Å². The zero-order valence-electron chi connectivity index (χ0n) is 9.91. The smallest absolute Gasteiger partial charge is 0.337 e. The first kappa shape index (κ1) is 12.0. The molecule has 18 heavy (non-hydrogen) atoms. The van der Waals surface area contributed by atoms with Gasteiger partial charge < -0.3 is 10.4 Å². The standard InChI is InChI=1S/C11H12N4O3/c1-6(10(16)12-2)15-9-7(11(17)18)4-3-5-8(9)13-14-15/h3-6H,1-2H3,(H,12,16)(H,17,18). The summed E-state index contributed by atoms with van der Waals surface area (Å²) >= 11 is 0. The first-order valence-corrected chi connectivity index (χ1v) is 5.35. The molecule has 0 aliphatic rings. The number of fused-ring (bicyclic) bond motifs is 1. The Hall–Kier alpha value is -2.44. The summed E-state index contributed by atoms with van der Waals surface area (Å²) in [7, 11) is 1.51. The number of hydrogen-bond donors (Lipinski definition) is 2. The van der Waals surface area contributed by atoms with Crippen LogP contribution >= 0.6 is 0 Å². The highest BCUT2D eigenvalue weighted by molar-refractivity contribution is 6.01. The highest BCUT2D eigenvalue weighted by Crippen LogP contribution is 2.20. The molecule has 94 valence electrons. The van der Waals surface area contributed by atoms with Gasteiger partial charge in [-0.3, -0.25) is 4.79 Å². The van der Waals surface area contributed by atoms with Crippen LogP contribution in [0.1, 0.15) is 23.3 Å². The van der Waals surface area contributed by atoms with Gasteiger partial charge in [-0.05, 0) is 19.1 Å². The van der Waals surface area contributed by atoms with Crippen LogP contribution in [0.4, 0.5) is 0 Å². The molecule has 1 atom stereocenters. The number of aromatic nitrogens is 3. The van der Waals surface area contributed by atoms with Gasteiger partial charge in [0.05, 0.1) is 5.56 Å². The van der Waals surface area contributed by atoms with Gasteiger partial charge >= 0.3 is 5.97 Å². The molecular formula is C11H12N4O3. The number of likely N-dealkylation sites (N-methyl/N-ethyl adjacent to an activating group) is 1. The maximum absolute atomic E-state index is 11.6. The predicted molar refractivity (Wildman–Crippen MR) is 63.3 cm³/mol. The first-order valence-electron chi connectivity index (χ1n) is 5.35. The third-order valence-corrected chi connectivity index (χ3v) is 2.72. The number of nitrogens with zero attached hydrogens (tertiary/aromatic N) is 3. The summed E-state index contributed by atoms with van der Waals surface area (Å²) in [6.07, 6.45) is 0. The summed E-state index contributed by atoms with van der Waals surface area (Å²) in [6.45, 7) is 1.63. The second-order valence-corrected chi connectivity index (χ2v) is 3.80. The van der Waals surface area contributed by atoms with E-state index in [1.165, 1.54) is 17.8 Å². The van der Waals surface area contributed by atoms with Crippen molar-refractivity contribution in [1.29, 1.82) is 0 Å². The lowest BCUT2D eigenvalue weighted by Crippen LogP contribution is -2.28. The van der Waals surface area contributed by atoms with Gasteiger partial charge in [-0.2, -0.15) is 0 Å². The molecule has 0 radical (unpaired) electrons. The lowest BCUT2D eigenvalue weighted by Gasteiger charge is -2.11. The Balaban J connectivity index is 2.65. The quantitative estimate of drug-likeness (QED) is 0.821. The lowest BCUT2D eigenvalue weighted by molar-refractivity contribution is -0.123. The second kappa shape index (κ2) is 4.44. The summed E-state index contributed by atoms with van der Waals surface area (Å²) in [5, 5.41) is 19.3. The van der Waals surface area contributed by atoms with Gasteiger partial charge in [-0.1, -0.05) is 11.3 Å². The Labute approximate surface area is 102 Å². The van der Waals surface area contributed by atoms with Crippen molar-refractivity contribution in [2.75, 3.05) is 7.05 Å². The van der Waals surface area contributed by atoms with E-state index in [1.807, 2.05) is 0 Å². The Morgan fingerprint density at radius 1 is 1.44 bits per heavy atom. The normalized spacial score (nSPS) is 12.3. The van der Waals surface area contributed by atoms with Crippen molar-refractivity contribution in [3.8, 4) is 0 Å². The second-order valence-electron chi connectivity index (χ2n) is 3.80. The molecule has 2 N–H and O–H groups in total. The average Bonchev–Trinajstić information content (AvgIpc) is 2.80. The van der Waals surface area contributed by atoms with Gasteiger partial charge in [0.1, 0.15) is 17.1 Å². The minimum Gasteiger partial charge on any atom is -0.478 e. The van der Waals surface area contributed by atoms with Gasteiger partial charge in [0.2, 0.25) is 5.91 Å². The fraction of sp³-hybridized carbons (Fsp3) is 0.273. The van der Waals surface area contributed by atoms with E-state index >= 15 is 0 Å². The zero-order chi connectivity index (χ0) is 13.3. The third kappa shape index (κ3) is 1.79. The molecule has 0 fully saturated rings. The summed E-state index contributed by atoms with van der Waals surface area (Å²) in [5.74, 6) is -1.34. The van der Waals surface area contributed by atoms with Crippen molar-refractivity contribution < 1.29 is 14.7 Å². The van der Waals surface area contributed by atoms with Crippen LogP contribution in [0.2, 0.25) is 0 Å². The molecule has 0 spiro atoms. The van der Waals surface area contributed by atoms with Gasteiger partial charge in [-0.25, -0.2) is 9.48 Å². The van der Waals surface area contributed by atoms with Gasteiger partial charge in [-0.15, -0.1) is 5.10 Å². The van der Waals surface area contributed by atoms with Crippen molar-refractivity contribution in [3.63, 3.8) is 0 Å². The largest absolute Gasteiger partial charge is 0.478 e. The number of carboxylic acids is 1. The average molecular weight is 248 g/mol. The van der Waals surface area contributed by atoms with Crippen molar-refractivity contribution in [2.45, 2.75) is 13.0 Å². The Kier molecular flexibility index (Phi) is 2.97. The number of benzene rings is 1. The number of carbonyl (C=O) groups excluding carboxylic acids is 1. The van der Waals surface area contributed by atoms with Crippen LogP contribution in [0.3, 0.4) is 0 Å². The van der Waals surface area contributed by atoms with Gasteiger partial charge in [0.25, 0.3) is 0 Å². The number of hydrogen-bond acceptors (Lipinski definition) is 4. The predicted octanol–water partition coefficient (Wildman–Crippen LogP) is 0.436. The first-order chi connectivity index (χ1) is 8.56. The summed E-state index contributed by atoms with van der Waals surface area (Å²) in [6, 6.07) is 4.08. The molecule has 1 amide bonds. The van der Waals surface area contributed by atoms with Crippen molar-refractivity contribution >= 4 is 22.9 Å². The van der Waals surface area contributed by atoms with Crippen LogP contribution in [0.5, 0.6) is 0 Å². The third-order valence-electron chi connectivity index (χ3n) is 2.72. The molecule has 1 aromatic carbocycles. The SMILES string of the molecule is CNC(=O)C(C)n1nnc2cccc(C(=O)O)c21. The number of rotatable bonds is 3. The molecule has 0 bridgehead atoms. The minimum atomic E-state index is -1.08. The Morgan fingerprint density at radius 3 is 2.78 bits per heavy atom. The summed E-state index contributed by atoms with van der Waals surface area (Å²) < 4.78 is 1.32. The van der Waals surface area contributed by atoms with Crippen molar-refractivity contribution in [1.82, 2.24) is 20.3 Å². The molecule has 0 saturated carbocycles. The number of para-hydroxylation sites is 1. The number of carbonyl (C=O) groups is 2. The van der Waals surface area contributed by atoms with E-state index in [0.29, 0.717) is 11.0 Å². The summed E-state index contributed by atoms with van der Waals surface area (Å²) in [5.41, 5.74) is 0.875. The minimum absolute atomic E-state index is 0.0771. The van der Waals surface area contributed by atoms with Crippen LogP contribution in [0, 0.1) is 0 Å². The molecule has 0 saturated heterocycles. The highest BCUT2D eigenvalue weighted by Gasteiger charge is 2.21. The maximum Gasteiger partial charge on any atom is 0.337 e. The van der Waals surface area contributed by atoms with Crippen molar-refractivity contribution in [3.05, 3.63) is 23.8 Å². The van der Waals surface area contributed by atoms with E-state index in [-0.39, 0.29) is 11.5 Å². The fourth-order valence-corrected chi connectivity index (χ4v) is 1.76. The van der Waals surface area contributed by atoms with Crippen LogP contribution in [-0.2, 0) is 4.79 Å². The van der Waals surface area contributed by atoms with E-state index in [2.05, 4.69) is 15.6 Å². The van der Waals surface area contributed by atoms with Crippen molar-refractivity contribution in [2.24, 2.45) is 0 Å². The molecule has 2 rings (SSSR count). The van der Waals surface area contributed by atoms with E-state index in [4.69, 9.17) is 5.11 Å². The van der Waals surface area contributed by atoms with E-state index in [1.54, 1.807) is 19.1 Å². The van der Waals surface area contributed by atoms with Crippen LogP contribution in [0.15, 0.2) is 18.2 Å². The maximum atomic E-state index is 11.6. The number of aromatic carboxylic acids is 1. The van der Waals surface area contributed by atoms with Gasteiger partial charge in [0, 0.05) is 7.05 Å². The van der Waals surface area contributed by atoms with Crippen LogP contribution in [0.25, 0.3) is 11.0 Å². The number of carboxylic acid groups (broad SMARTS) is 1. The zero-order valence-corrected chi connectivity index (χ0v) is 9.91. The molecule has 0 aliphatic carbocycles. The number of nitrogens with one attached hydrogen (secondary N) is 1. The molecule has 1 aromatic heterocycles. The van der Waals surface area contributed by atoms with Crippen LogP contribution < -0.4 is 5.32 Å². The molecule has 1 unspecified atom stereocenters. The summed E-state index contributed by atoms with van der Waals surface area (Å²) in [4.78, 5) is 22.7. The Bertz CT molecular complexity index is 620. The van der Waals surface area contributed by atoms with E-state index in [0.717, 1.165) is 0 Å². The molecular weight excluding hydrogens is 236 g/mol. The van der Waals surface area contributed by atoms with E-state index in [9.17, 15) is 9.59 Å². The molecule has 7 heteroatoms. The monoisotopic (exact) mass is 248 g/mol. The van der Waals surface area contributed by atoms with Gasteiger partial charge in [0.15, 0.2) is 0 Å². The lowest BCUT2D eigenvalue weighted by atomic mass is 10.1. The Morgan fingerprint density at radius 2 is 2.17 bits per heavy atom. The van der Waals surface area contributed by atoms with E-state index < -0.39 is 12.0 Å². The van der Waals surface area contributed by atoms with Crippen LogP contribution in [-0.4, -0.2) is 39.0 Å². The molecule has 0 aliphatic heterocycles. The molecule has 7 nitrogen and oxygen atoms in total. The molecule has 1 heterocycles. The molecule has 2 aromatic rings. The fourth-order valence-electron chi connectivity index (χ4n) is 1.76.